The van der Waals surface area contributed by atoms with Crippen LogP contribution in [0.3, 0.4) is 0 Å². The van der Waals surface area contributed by atoms with Crippen LogP contribution in [0.15, 0.2) is 54.6 Å². The number of ether oxygens (including phenoxy) is 1. The van der Waals surface area contributed by atoms with Gasteiger partial charge in [0.2, 0.25) is 5.95 Å². The molecule has 5 nitrogen and oxygen atoms in total. The van der Waals surface area contributed by atoms with Crippen molar-refractivity contribution in [3.05, 3.63) is 65.3 Å². The van der Waals surface area contributed by atoms with Crippen LogP contribution in [-0.4, -0.2) is 9.97 Å². The molecule has 116 valence electrons. The SMILES string of the molecule is Nc1nc(Cl)cc(-c2ccc(OCc3ccccc3)c(N)c2)n1. The van der Waals surface area contributed by atoms with Gasteiger partial charge in [0.25, 0.3) is 0 Å². The first kappa shape index (κ1) is 15.1. The Morgan fingerprint density at radius 2 is 1.74 bits per heavy atom. The van der Waals surface area contributed by atoms with Crippen molar-refractivity contribution in [3.8, 4) is 17.0 Å². The van der Waals surface area contributed by atoms with Crippen LogP contribution in [-0.2, 0) is 6.61 Å². The largest absolute Gasteiger partial charge is 0.487 e. The maximum Gasteiger partial charge on any atom is 0.221 e. The highest BCUT2D eigenvalue weighted by molar-refractivity contribution is 6.29. The number of rotatable bonds is 4. The van der Waals surface area contributed by atoms with E-state index in [1.807, 2.05) is 36.4 Å². The van der Waals surface area contributed by atoms with E-state index in [2.05, 4.69) is 9.97 Å². The number of anilines is 2. The molecule has 0 aliphatic rings. The maximum atomic E-state index is 6.07. The fraction of sp³-hybridized carbons (Fsp3) is 0.0588. The summed E-state index contributed by atoms with van der Waals surface area (Å²) >= 11 is 5.90. The number of benzene rings is 2. The van der Waals surface area contributed by atoms with E-state index in [1.165, 1.54) is 0 Å². The third-order valence-electron chi connectivity index (χ3n) is 3.25. The number of hydrogen-bond donors (Lipinski definition) is 2. The van der Waals surface area contributed by atoms with Crippen LogP contribution in [0, 0.1) is 0 Å². The first-order chi connectivity index (χ1) is 11.1. The highest BCUT2D eigenvalue weighted by Crippen LogP contribution is 2.29. The zero-order valence-corrected chi connectivity index (χ0v) is 13.0. The van der Waals surface area contributed by atoms with Crippen molar-refractivity contribution in [2.24, 2.45) is 0 Å². The van der Waals surface area contributed by atoms with Crippen LogP contribution in [0.1, 0.15) is 5.56 Å². The summed E-state index contributed by atoms with van der Waals surface area (Å²) in [7, 11) is 0. The van der Waals surface area contributed by atoms with Crippen molar-refractivity contribution in [3.63, 3.8) is 0 Å². The number of aromatic nitrogens is 2. The van der Waals surface area contributed by atoms with Gasteiger partial charge in [-0.3, -0.25) is 0 Å². The van der Waals surface area contributed by atoms with Gasteiger partial charge in [0.05, 0.1) is 11.4 Å². The molecule has 1 heterocycles. The lowest BCUT2D eigenvalue weighted by atomic mass is 10.1. The van der Waals surface area contributed by atoms with Gasteiger partial charge in [-0.2, -0.15) is 0 Å². The van der Waals surface area contributed by atoms with Crippen LogP contribution in [0.4, 0.5) is 11.6 Å². The monoisotopic (exact) mass is 326 g/mol. The lowest BCUT2D eigenvalue weighted by Gasteiger charge is -2.11. The zero-order valence-electron chi connectivity index (χ0n) is 12.2. The Balaban J connectivity index is 1.80. The van der Waals surface area contributed by atoms with E-state index >= 15 is 0 Å². The fourth-order valence-electron chi connectivity index (χ4n) is 2.16. The van der Waals surface area contributed by atoms with Crippen LogP contribution >= 0.6 is 11.6 Å². The smallest absolute Gasteiger partial charge is 0.221 e. The van der Waals surface area contributed by atoms with Crippen molar-refractivity contribution in [2.75, 3.05) is 11.5 Å². The highest BCUT2D eigenvalue weighted by atomic mass is 35.5. The molecule has 0 spiro atoms. The van der Waals surface area contributed by atoms with Gasteiger partial charge in [-0.15, -0.1) is 0 Å². The molecule has 0 aliphatic heterocycles. The molecule has 0 radical (unpaired) electrons. The summed E-state index contributed by atoms with van der Waals surface area (Å²) < 4.78 is 5.75. The van der Waals surface area contributed by atoms with Crippen molar-refractivity contribution in [1.82, 2.24) is 9.97 Å². The fourth-order valence-corrected chi connectivity index (χ4v) is 2.35. The summed E-state index contributed by atoms with van der Waals surface area (Å²) in [5.41, 5.74) is 14.7. The molecule has 3 aromatic rings. The van der Waals surface area contributed by atoms with E-state index in [9.17, 15) is 0 Å². The molecule has 0 bridgehead atoms. The molecular formula is C17H15ClN4O. The Labute approximate surface area is 138 Å². The summed E-state index contributed by atoms with van der Waals surface area (Å²) in [6.07, 6.45) is 0. The van der Waals surface area contributed by atoms with Crippen molar-refractivity contribution in [1.29, 1.82) is 0 Å². The number of nitrogen functional groups attached to an aromatic ring is 2. The molecule has 0 atom stereocenters. The Morgan fingerprint density at radius 3 is 2.43 bits per heavy atom. The first-order valence-electron chi connectivity index (χ1n) is 6.98. The predicted octanol–water partition coefficient (Wildman–Crippen LogP) is 3.54. The lowest BCUT2D eigenvalue weighted by Crippen LogP contribution is -2.00. The first-order valence-corrected chi connectivity index (χ1v) is 7.36. The van der Waals surface area contributed by atoms with Crippen LogP contribution < -0.4 is 16.2 Å². The molecule has 0 aliphatic carbocycles. The average Bonchev–Trinajstić information content (AvgIpc) is 2.54. The lowest BCUT2D eigenvalue weighted by molar-refractivity contribution is 0.308. The summed E-state index contributed by atoms with van der Waals surface area (Å²) in [6.45, 7) is 0.455. The average molecular weight is 327 g/mol. The molecule has 4 N–H and O–H groups in total. The van der Waals surface area contributed by atoms with Gasteiger partial charge in [0.1, 0.15) is 17.5 Å². The number of nitrogens with zero attached hydrogens (tertiary/aromatic N) is 2. The van der Waals surface area contributed by atoms with Gasteiger partial charge in [0.15, 0.2) is 0 Å². The Hall–Kier alpha value is -2.79. The van der Waals surface area contributed by atoms with E-state index in [-0.39, 0.29) is 11.1 Å². The summed E-state index contributed by atoms with van der Waals surface area (Å²) in [6, 6.07) is 17.0. The summed E-state index contributed by atoms with van der Waals surface area (Å²) in [5, 5.41) is 0.287. The van der Waals surface area contributed by atoms with E-state index in [4.69, 9.17) is 27.8 Å². The molecule has 0 saturated heterocycles. The van der Waals surface area contributed by atoms with Crippen molar-refractivity contribution in [2.45, 2.75) is 6.61 Å². The van der Waals surface area contributed by atoms with Crippen LogP contribution in [0.25, 0.3) is 11.3 Å². The minimum absolute atomic E-state index is 0.121. The second-order valence-electron chi connectivity index (χ2n) is 4.96. The molecule has 3 rings (SSSR count). The van der Waals surface area contributed by atoms with Crippen molar-refractivity contribution >= 4 is 23.2 Å². The molecule has 0 fully saturated rings. The second kappa shape index (κ2) is 6.54. The highest BCUT2D eigenvalue weighted by Gasteiger charge is 2.07. The maximum absolute atomic E-state index is 6.07. The molecule has 0 amide bonds. The minimum Gasteiger partial charge on any atom is -0.487 e. The number of halogens is 1. The third kappa shape index (κ3) is 3.70. The molecule has 6 heteroatoms. The summed E-state index contributed by atoms with van der Waals surface area (Å²) in [5.74, 6) is 0.737. The molecule has 2 aromatic carbocycles. The quantitative estimate of drug-likeness (QED) is 0.565. The summed E-state index contributed by atoms with van der Waals surface area (Å²) in [4.78, 5) is 7.99. The topological polar surface area (TPSA) is 87.0 Å². The molecular weight excluding hydrogens is 312 g/mol. The van der Waals surface area contributed by atoms with E-state index in [0.29, 0.717) is 23.7 Å². The molecule has 23 heavy (non-hydrogen) atoms. The molecule has 0 unspecified atom stereocenters. The Bertz CT molecular complexity index is 804. The Kier molecular flexibility index (Phi) is 4.30. The van der Waals surface area contributed by atoms with Gasteiger partial charge in [-0.05, 0) is 23.8 Å². The number of nitrogens with two attached hydrogens (primary N) is 2. The van der Waals surface area contributed by atoms with Gasteiger partial charge >= 0.3 is 0 Å². The minimum atomic E-state index is 0.121. The zero-order chi connectivity index (χ0) is 16.2. The number of hydrogen-bond acceptors (Lipinski definition) is 5. The standard InChI is InChI=1S/C17H15ClN4O/c18-16-9-14(21-17(20)22-16)12-6-7-15(13(19)8-12)23-10-11-4-2-1-3-5-11/h1-9H,10,19H2,(H2,20,21,22). The van der Waals surface area contributed by atoms with Crippen LogP contribution in [0.2, 0.25) is 5.15 Å². The Morgan fingerprint density at radius 1 is 0.957 bits per heavy atom. The van der Waals surface area contributed by atoms with Crippen molar-refractivity contribution < 1.29 is 4.74 Å². The molecule has 1 aromatic heterocycles. The van der Waals surface area contributed by atoms with Gasteiger partial charge < -0.3 is 16.2 Å². The third-order valence-corrected chi connectivity index (χ3v) is 3.45. The normalized spacial score (nSPS) is 10.5. The van der Waals surface area contributed by atoms with Gasteiger partial charge in [-0.25, -0.2) is 9.97 Å². The van der Waals surface area contributed by atoms with Gasteiger partial charge in [0, 0.05) is 11.6 Å². The van der Waals surface area contributed by atoms with E-state index < -0.39 is 0 Å². The van der Waals surface area contributed by atoms with Gasteiger partial charge in [-0.1, -0.05) is 41.9 Å². The van der Waals surface area contributed by atoms with E-state index in [1.54, 1.807) is 18.2 Å². The predicted molar refractivity (Wildman–Crippen MR) is 92.1 cm³/mol. The van der Waals surface area contributed by atoms with E-state index in [0.717, 1.165) is 11.1 Å². The second-order valence-corrected chi connectivity index (χ2v) is 5.35. The van der Waals surface area contributed by atoms with Crippen LogP contribution in [0.5, 0.6) is 5.75 Å². The molecule has 0 saturated carbocycles.